The molecule has 2 amide bonds. The van der Waals surface area contributed by atoms with E-state index in [1.807, 2.05) is 47.4 Å². The summed E-state index contributed by atoms with van der Waals surface area (Å²) in [6, 6.07) is 13.3. The second kappa shape index (κ2) is 7.72. The highest BCUT2D eigenvalue weighted by Crippen LogP contribution is 2.34. The van der Waals surface area contributed by atoms with Gasteiger partial charge in [0.25, 0.3) is 5.91 Å². The average molecular weight is 429 g/mol. The first-order valence-corrected chi connectivity index (χ1v) is 9.99. The maximum absolute atomic E-state index is 12.7. The number of rotatable bonds is 4. The molecule has 1 atom stereocenters. The van der Waals surface area contributed by atoms with Gasteiger partial charge in [0.15, 0.2) is 0 Å². The number of ether oxygens (including phenoxy) is 1. The van der Waals surface area contributed by atoms with Gasteiger partial charge in [-0.1, -0.05) is 28.1 Å². The highest BCUT2D eigenvalue weighted by Gasteiger charge is 2.24. The molecule has 2 aromatic rings. The van der Waals surface area contributed by atoms with Crippen LogP contribution in [0.15, 0.2) is 46.9 Å². The van der Waals surface area contributed by atoms with Crippen molar-refractivity contribution in [3.8, 4) is 5.75 Å². The van der Waals surface area contributed by atoms with Gasteiger partial charge in [-0.15, -0.1) is 0 Å². The molecule has 1 saturated heterocycles. The van der Waals surface area contributed by atoms with Crippen LogP contribution in [-0.4, -0.2) is 29.9 Å². The summed E-state index contributed by atoms with van der Waals surface area (Å²) in [5, 5.41) is 3.11. The van der Waals surface area contributed by atoms with Crippen molar-refractivity contribution in [2.24, 2.45) is 0 Å². The van der Waals surface area contributed by atoms with E-state index in [9.17, 15) is 9.59 Å². The lowest BCUT2D eigenvalue weighted by atomic mass is 10.00. The fraction of sp³-hybridized carbons (Fsp3) is 0.333. The van der Waals surface area contributed by atoms with Gasteiger partial charge in [-0.05, 0) is 42.3 Å². The topological polar surface area (TPSA) is 58.6 Å². The molecule has 2 aliphatic heterocycles. The summed E-state index contributed by atoms with van der Waals surface area (Å²) in [5.74, 6) is 0.929. The number of amides is 2. The Hall–Kier alpha value is -2.34. The van der Waals surface area contributed by atoms with E-state index in [1.54, 1.807) is 0 Å². The lowest BCUT2D eigenvalue weighted by molar-refractivity contribution is -0.128. The minimum absolute atomic E-state index is 0.0688. The molecule has 27 heavy (non-hydrogen) atoms. The van der Waals surface area contributed by atoms with Gasteiger partial charge < -0.3 is 15.0 Å². The molecule has 6 heteroatoms. The third kappa shape index (κ3) is 4.00. The summed E-state index contributed by atoms with van der Waals surface area (Å²) in [5.41, 5.74) is 2.66. The molecule has 1 N–H and O–H groups in total. The van der Waals surface area contributed by atoms with Crippen molar-refractivity contribution in [1.82, 2.24) is 10.2 Å². The first kappa shape index (κ1) is 18.0. The van der Waals surface area contributed by atoms with Gasteiger partial charge in [0, 0.05) is 41.5 Å². The number of likely N-dealkylation sites (tertiary alicyclic amines) is 1. The minimum Gasteiger partial charge on any atom is -0.493 e. The van der Waals surface area contributed by atoms with Crippen LogP contribution in [0.4, 0.5) is 0 Å². The summed E-state index contributed by atoms with van der Waals surface area (Å²) in [4.78, 5) is 26.3. The second-order valence-electron chi connectivity index (χ2n) is 6.96. The second-order valence-corrected chi connectivity index (χ2v) is 7.88. The van der Waals surface area contributed by atoms with Crippen LogP contribution in [0.1, 0.15) is 46.8 Å². The maximum atomic E-state index is 12.7. The third-order valence-electron chi connectivity index (χ3n) is 5.08. The summed E-state index contributed by atoms with van der Waals surface area (Å²) in [7, 11) is 0. The number of carbonyl (C=O) groups is 2. The Morgan fingerprint density at radius 2 is 2.04 bits per heavy atom. The van der Waals surface area contributed by atoms with Gasteiger partial charge >= 0.3 is 0 Å². The summed E-state index contributed by atoms with van der Waals surface area (Å²) in [6.07, 6.45) is 2.32. The molecule has 0 aliphatic carbocycles. The number of nitrogens with one attached hydrogen (secondary N) is 1. The normalized spacial score (nSPS) is 18.8. The van der Waals surface area contributed by atoms with E-state index in [2.05, 4.69) is 21.2 Å². The molecule has 2 aliphatic rings. The molecule has 0 bridgehead atoms. The summed E-state index contributed by atoms with van der Waals surface area (Å²) >= 11 is 3.48. The van der Waals surface area contributed by atoms with Crippen LogP contribution in [0.25, 0.3) is 0 Å². The molecule has 0 saturated carbocycles. The van der Waals surface area contributed by atoms with Gasteiger partial charge in [0.05, 0.1) is 12.6 Å². The van der Waals surface area contributed by atoms with E-state index < -0.39 is 0 Å². The van der Waals surface area contributed by atoms with Crippen LogP contribution in [0, 0.1) is 0 Å². The van der Waals surface area contributed by atoms with Crippen LogP contribution in [0.2, 0.25) is 0 Å². The lowest BCUT2D eigenvalue weighted by Crippen LogP contribution is -2.32. The Bertz CT molecular complexity index is 866. The molecular weight excluding hydrogens is 408 g/mol. The smallest absolute Gasteiger partial charge is 0.251 e. The average Bonchev–Trinajstić information content (AvgIpc) is 3.07. The molecule has 0 spiro atoms. The lowest BCUT2D eigenvalue weighted by Gasteiger charge is -2.27. The van der Waals surface area contributed by atoms with Gasteiger partial charge in [0.2, 0.25) is 5.91 Å². The van der Waals surface area contributed by atoms with Gasteiger partial charge in [0.1, 0.15) is 5.75 Å². The van der Waals surface area contributed by atoms with Crippen molar-refractivity contribution in [3.63, 3.8) is 0 Å². The third-order valence-corrected chi connectivity index (χ3v) is 5.57. The van der Waals surface area contributed by atoms with Crippen LogP contribution < -0.4 is 10.1 Å². The molecule has 2 heterocycles. The van der Waals surface area contributed by atoms with Crippen molar-refractivity contribution < 1.29 is 14.3 Å². The largest absolute Gasteiger partial charge is 0.493 e. The first-order chi connectivity index (χ1) is 13.1. The standard InChI is InChI=1S/C21H21BrN2O3/c22-16-7-8-19-17(12-16)18(9-11-27-19)23-21(26)15-5-3-14(4-6-15)13-24-10-1-2-20(24)25/h3-8,12,18H,1-2,9-11,13H2,(H,23,26). The Kier molecular flexibility index (Phi) is 5.16. The molecule has 5 nitrogen and oxygen atoms in total. The van der Waals surface area contributed by atoms with Crippen molar-refractivity contribution in [1.29, 1.82) is 0 Å². The SMILES string of the molecule is O=C(NC1CCOc2ccc(Br)cc21)c1ccc(CN2CCCC2=O)cc1. The highest BCUT2D eigenvalue weighted by molar-refractivity contribution is 9.10. The number of nitrogens with zero attached hydrogens (tertiary/aromatic N) is 1. The van der Waals surface area contributed by atoms with E-state index in [0.29, 0.717) is 25.1 Å². The zero-order valence-electron chi connectivity index (χ0n) is 14.9. The van der Waals surface area contributed by atoms with Crippen LogP contribution in [0.5, 0.6) is 5.75 Å². The van der Waals surface area contributed by atoms with Crippen molar-refractivity contribution in [3.05, 3.63) is 63.6 Å². The molecule has 0 radical (unpaired) electrons. The van der Waals surface area contributed by atoms with Gasteiger partial charge in [-0.25, -0.2) is 0 Å². The van der Waals surface area contributed by atoms with Crippen LogP contribution >= 0.6 is 15.9 Å². The Morgan fingerprint density at radius 3 is 2.78 bits per heavy atom. The van der Waals surface area contributed by atoms with E-state index in [4.69, 9.17) is 4.74 Å². The molecule has 140 valence electrons. The highest BCUT2D eigenvalue weighted by atomic mass is 79.9. The first-order valence-electron chi connectivity index (χ1n) is 9.20. The zero-order chi connectivity index (χ0) is 18.8. The molecular formula is C21H21BrN2O3. The van der Waals surface area contributed by atoms with E-state index in [-0.39, 0.29) is 17.9 Å². The number of hydrogen-bond donors (Lipinski definition) is 1. The van der Waals surface area contributed by atoms with Gasteiger partial charge in [-0.2, -0.15) is 0 Å². The number of benzene rings is 2. The minimum atomic E-state index is -0.100. The number of halogens is 1. The quantitative estimate of drug-likeness (QED) is 0.804. The Labute approximate surface area is 166 Å². The van der Waals surface area contributed by atoms with E-state index >= 15 is 0 Å². The molecule has 4 rings (SSSR count). The van der Waals surface area contributed by atoms with Crippen LogP contribution in [0.3, 0.4) is 0 Å². The number of carbonyl (C=O) groups excluding carboxylic acids is 2. The van der Waals surface area contributed by atoms with Crippen LogP contribution in [-0.2, 0) is 11.3 Å². The molecule has 0 aromatic heterocycles. The number of hydrogen-bond acceptors (Lipinski definition) is 3. The predicted molar refractivity (Wildman–Crippen MR) is 106 cm³/mol. The predicted octanol–water partition coefficient (Wildman–Crippen LogP) is 3.83. The molecule has 2 aromatic carbocycles. The van der Waals surface area contributed by atoms with Crippen molar-refractivity contribution >= 4 is 27.7 Å². The van der Waals surface area contributed by atoms with E-state index in [1.165, 1.54) is 0 Å². The Morgan fingerprint density at radius 1 is 1.22 bits per heavy atom. The number of fused-ring (bicyclic) bond motifs is 1. The maximum Gasteiger partial charge on any atom is 0.251 e. The Balaban J connectivity index is 1.43. The van der Waals surface area contributed by atoms with E-state index in [0.717, 1.165) is 40.7 Å². The summed E-state index contributed by atoms with van der Waals surface area (Å²) in [6.45, 7) is 2.02. The fourth-order valence-corrected chi connectivity index (χ4v) is 3.99. The molecule has 1 fully saturated rings. The zero-order valence-corrected chi connectivity index (χ0v) is 16.5. The van der Waals surface area contributed by atoms with Crippen molar-refractivity contribution in [2.45, 2.75) is 31.8 Å². The summed E-state index contributed by atoms with van der Waals surface area (Å²) < 4.78 is 6.64. The van der Waals surface area contributed by atoms with Gasteiger partial charge in [-0.3, -0.25) is 9.59 Å². The monoisotopic (exact) mass is 428 g/mol. The molecule has 1 unspecified atom stereocenters. The van der Waals surface area contributed by atoms with Crippen molar-refractivity contribution in [2.75, 3.05) is 13.2 Å². The fourth-order valence-electron chi connectivity index (χ4n) is 3.61.